The molecule has 2 rings (SSSR count). The molecule has 2 atom stereocenters. The number of aryl methyl sites for hydroxylation is 1. The fourth-order valence-corrected chi connectivity index (χ4v) is 2.65. The number of carbonyl (C=O) groups is 1. The van der Waals surface area contributed by atoms with E-state index in [0.717, 1.165) is 18.4 Å². The summed E-state index contributed by atoms with van der Waals surface area (Å²) in [7, 11) is 1.42. The molecule has 1 aromatic rings. The minimum absolute atomic E-state index is 0.155. The zero-order valence-electron chi connectivity index (χ0n) is 11.6. The van der Waals surface area contributed by atoms with Crippen molar-refractivity contribution in [1.82, 2.24) is 5.32 Å². The maximum Gasteiger partial charge on any atom is 0.323 e. The molecule has 0 amide bonds. The van der Waals surface area contributed by atoms with Crippen molar-refractivity contribution in [2.45, 2.75) is 38.8 Å². The van der Waals surface area contributed by atoms with Crippen LogP contribution in [0.15, 0.2) is 18.2 Å². The molecule has 2 unspecified atom stereocenters. The van der Waals surface area contributed by atoms with Crippen molar-refractivity contribution in [3.05, 3.63) is 29.3 Å². The molecule has 0 aromatic heterocycles. The van der Waals surface area contributed by atoms with Crippen molar-refractivity contribution in [3.63, 3.8) is 0 Å². The van der Waals surface area contributed by atoms with Crippen molar-refractivity contribution in [1.29, 1.82) is 0 Å². The molecule has 0 radical (unpaired) electrons. The smallest absolute Gasteiger partial charge is 0.323 e. The summed E-state index contributed by atoms with van der Waals surface area (Å²) >= 11 is 0. The Labute approximate surface area is 113 Å². The average molecular weight is 263 g/mol. The Kier molecular flexibility index (Phi) is 4.10. The fraction of sp³-hybridized carbons (Fsp3) is 0.533. The number of ether oxygens (including phenoxy) is 1. The lowest BCUT2D eigenvalue weighted by atomic mass is 10.0. The zero-order chi connectivity index (χ0) is 14.0. The second kappa shape index (κ2) is 5.61. The molecule has 4 heteroatoms. The third-order valence-corrected chi connectivity index (χ3v) is 3.71. The first kappa shape index (κ1) is 13.9. The molecule has 4 nitrogen and oxygen atoms in total. The molecule has 0 saturated heterocycles. The Morgan fingerprint density at radius 2 is 2.21 bits per heavy atom. The van der Waals surface area contributed by atoms with Gasteiger partial charge < -0.3 is 9.84 Å². The van der Waals surface area contributed by atoms with Gasteiger partial charge in [0.2, 0.25) is 0 Å². The largest absolute Gasteiger partial charge is 0.508 e. The number of nitrogens with one attached hydrogen (secondary N) is 1. The van der Waals surface area contributed by atoms with E-state index in [1.54, 1.807) is 12.1 Å². The van der Waals surface area contributed by atoms with Crippen molar-refractivity contribution < 1.29 is 14.6 Å². The zero-order valence-corrected chi connectivity index (χ0v) is 11.6. The van der Waals surface area contributed by atoms with E-state index < -0.39 is 0 Å². The molecule has 1 aliphatic rings. The van der Waals surface area contributed by atoms with Crippen LogP contribution in [-0.4, -0.2) is 24.2 Å². The number of aromatic hydroxyl groups is 1. The van der Waals surface area contributed by atoms with Gasteiger partial charge in [-0.25, -0.2) is 0 Å². The van der Waals surface area contributed by atoms with Crippen LogP contribution in [0.2, 0.25) is 0 Å². The van der Waals surface area contributed by atoms with E-state index in [-0.39, 0.29) is 24.0 Å². The number of phenolic OH excluding ortho intramolecular Hbond substituents is 1. The average Bonchev–Trinajstić information content (AvgIpc) is 2.76. The maximum atomic E-state index is 11.8. The molecule has 0 saturated carbocycles. The highest BCUT2D eigenvalue weighted by Gasteiger charge is 2.30. The van der Waals surface area contributed by atoms with E-state index in [1.807, 2.05) is 19.9 Å². The molecule has 0 heterocycles. The van der Waals surface area contributed by atoms with Crippen molar-refractivity contribution >= 4 is 5.97 Å². The van der Waals surface area contributed by atoms with Crippen LogP contribution in [0.1, 0.15) is 37.4 Å². The lowest BCUT2D eigenvalue weighted by molar-refractivity contribution is -0.144. The first-order valence-electron chi connectivity index (χ1n) is 6.68. The number of fused-ring (bicyclic) bond motifs is 1. The van der Waals surface area contributed by atoms with Crippen LogP contribution in [0.3, 0.4) is 0 Å². The van der Waals surface area contributed by atoms with E-state index in [2.05, 4.69) is 5.32 Å². The van der Waals surface area contributed by atoms with Crippen LogP contribution < -0.4 is 5.32 Å². The molecule has 1 aliphatic carbocycles. The predicted octanol–water partition coefficient (Wildman–Crippen LogP) is 2.17. The van der Waals surface area contributed by atoms with Crippen molar-refractivity contribution in [2.24, 2.45) is 5.92 Å². The van der Waals surface area contributed by atoms with Gasteiger partial charge in [0.25, 0.3) is 0 Å². The summed E-state index contributed by atoms with van der Waals surface area (Å²) < 4.78 is 4.85. The van der Waals surface area contributed by atoms with Gasteiger partial charge in [0.05, 0.1) is 7.11 Å². The summed E-state index contributed by atoms with van der Waals surface area (Å²) in [5.41, 5.74) is 2.33. The quantitative estimate of drug-likeness (QED) is 0.817. The van der Waals surface area contributed by atoms with Crippen LogP contribution >= 0.6 is 0 Å². The number of methoxy groups -OCH3 is 1. The van der Waals surface area contributed by atoms with Crippen LogP contribution in [0.25, 0.3) is 0 Å². The van der Waals surface area contributed by atoms with Gasteiger partial charge in [-0.05, 0) is 42.0 Å². The summed E-state index contributed by atoms with van der Waals surface area (Å²) in [5.74, 6) is 0.253. The Morgan fingerprint density at radius 1 is 1.47 bits per heavy atom. The third-order valence-electron chi connectivity index (χ3n) is 3.71. The molecule has 1 aromatic carbocycles. The fourth-order valence-electron chi connectivity index (χ4n) is 2.65. The SMILES string of the molecule is COC(=O)C(NC1CCc2cc(O)ccc21)C(C)C. The molecular formula is C15H21NO3. The lowest BCUT2D eigenvalue weighted by Gasteiger charge is -2.24. The number of esters is 1. The third kappa shape index (κ3) is 2.89. The van der Waals surface area contributed by atoms with Crippen molar-refractivity contribution in [3.8, 4) is 5.75 Å². The predicted molar refractivity (Wildman–Crippen MR) is 72.9 cm³/mol. The number of phenols is 1. The summed E-state index contributed by atoms with van der Waals surface area (Å²) in [5, 5.41) is 12.9. The van der Waals surface area contributed by atoms with Crippen LogP contribution in [0, 0.1) is 5.92 Å². The Hall–Kier alpha value is -1.55. The standard InChI is InChI=1S/C15H21NO3/c1-9(2)14(15(18)19-3)16-13-7-4-10-8-11(17)5-6-12(10)13/h5-6,8-9,13-14,16-17H,4,7H2,1-3H3. The molecular weight excluding hydrogens is 242 g/mol. The Balaban J connectivity index is 2.15. The number of rotatable bonds is 4. The maximum absolute atomic E-state index is 11.8. The lowest BCUT2D eigenvalue weighted by Crippen LogP contribution is -2.43. The van der Waals surface area contributed by atoms with Gasteiger partial charge in [-0.3, -0.25) is 10.1 Å². The van der Waals surface area contributed by atoms with Crippen LogP contribution in [-0.2, 0) is 16.0 Å². The van der Waals surface area contributed by atoms with E-state index >= 15 is 0 Å². The summed E-state index contributed by atoms with van der Waals surface area (Å²) in [6.45, 7) is 4.00. The number of hydrogen-bond acceptors (Lipinski definition) is 4. The first-order chi connectivity index (χ1) is 9.02. The Morgan fingerprint density at radius 3 is 2.84 bits per heavy atom. The van der Waals surface area contributed by atoms with Gasteiger partial charge in [-0.1, -0.05) is 19.9 Å². The second-order valence-electron chi connectivity index (χ2n) is 5.39. The molecule has 19 heavy (non-hydrogen) atoms. The summed E-state index contributed by atoms with van der Waals surface area (Å²) in [6, 6.07) is 5.29. The highest BCUT2D eigenvalue weighted by Crippen LogP contribution is 2.34. The minimum atomic E-state index is -0.297. The molecule has 0 aliphatic heterocycles. The van der Waals surface area contributed by atoms with Crippen LogP contribution in [0.5, 0.6) is 5.75 Å². The first-order valence-corrected chi connectivity index (χ1v) is 6.68. The number of carbonyl (C=O) groups excluding carboxylic acids is 1. The van der Waals surface area contributed by atoms with Gasteiger partial charge in [0.1, 0.15) is 11.8 Å². The van der Waals surface area contributed by atoms with E-state index in [1.165, 1.54) is 12.7 Å². The topological polar surface area (TPSA) is 58.6 Å². The van der Waals surface area contributed by atoms with Crippen LogP contribution in [0.4, 0.5) is 0 Å². The molecule has 0 fully saturated rings. The van der Waals surface area contributed by atoms with Gasteiger partial charge in [-0.2, -0.15) is 0 Å². The highest BCUT2D eigenvalue weighted by atomic mass is 16.5. The monoisotopic (exact) mass is 263 g/mol. The molecule has 0 spiro atoms. The second-order valence-corrected chi connectivity index (χ2v) is 5.39. The molecule has 0 bridgehead atoms. The van der Waals surface area contributed by atoms with Gasteiger partial charge in [0.15, 0.2) is 0 Å². The number of hydrogen-bond donors (Lipinski definition) is 2. The van der Waals surface area contributed by atoms with E-state index in [9.17, 15) is 9.90 Å². The Bertz CT molecular complexity index is 470. The van der Waals surface area contributed by atoms with Crippen molar-refractivity contribution in [2.75, 3.05) is 7.11 Å². The number of benzene rings is 1. The van der Waals surface area contributed by atoms with E-state index in [0.29, 0.717) is 5.75 Å². The normalized spacial score (nSPS) is 19.3. The molecule has 2 N–H and O–H groups in total. The van der Waals surface area contributed by atoms with Gasteiger partial charge in [0, 0.05) is 6.04 Å². The van der Waals surface area contributed by atoms with Gasteiger partial charge in [-0.15, -0.1) is 0 Å². The minimum Gasteiger partial charge on any atom is -0.508 e. The van der Waals surface area contributed by atoms with Gasteiger partial charge >= 0.3 is 5.97 Å². The van der Waals surface area contributed by atoms with E-state index in [4.69, 9.17) is 4.74 Å². The highest BCUT2D eigenvalue weighted by molar-refractivity contribution is 5.76. The summed E-state index contributed by atoms with van der Waals surface area (Å²) in [4.78, 5) is 11.8. The molecule has 104 valence electrons. The summed E-state index contributed by atoms with van der Waals surface area (Å²) in [6.07, 6.45) is 1.87.